The molecule has 0 unspecified atom stereocenters. The fourth-order valence-corrected chi connectivity index (χ4v) is 1.82. The molecule has 2 rings (SSSR count). The van der Waals surface area contributed by atoms with Gasteiger partial charge in [0.1, 0.15) is 11.5 Å². The SMILES string of the molecule is COc1ccc(OC)c(C(=N)[n+]2nc(C)ccc2N)c1. The lowest BCUT2D eigenvalue weighted by Crippen LogP contribution is -2.49. The highest BCUT2D eigenvalue weighted by Gasteiger charge is 2.20. The highest BCUT2D eigenvalue weighted by Crippen LogP contribution is 2.23. The number of aromatic nitrogens is 2. The van der Waals surface area contributed by atoms with E-state index in [1.807, 2.05) is 6.92 Å². The second-order valence-corrected chi connectivity index (χ2v) is 4.23. The lowest BCUT2D eigenvalue weighted by atomic mass is 10.1. The van der Waals surface area contributed by atoms with Gasteiger partial charge in [0, 0.05) is 6.07 Å². The summed E-state index contributed by atoms with van der Waals surface area (Å²) in [5.41, 5.74) is 7.20. The summed E-state index contributed by atoms with van der Waals surface area (Å²) >= 11 is 0. The number of benzene rings is 1. The molecule has 0 aliphatic heterocycles. The van der Waals surface area contributed by atoms with E-state index in [0.717, 1.165) is 5.69 Å². The molecule has 20 heavy (non-hydrogen) atoms. The molecule has 0 saturated carbocycles. The maximum absolute atomic E-state index is 8.31. The zero-order chi connectivity index (χ0) is 14.7. The average molecular weight is 273 g/mol. The van der Waals surface area contributed by atoms with Crippen molar-refractivity contribution < 1.29 is 14.2 Å². The normalized spacial score (nSPS) is 10.2. The Morgan fingerprint density at radius 1 is 1.20 bits per heavy atom. The second kappa shape index (κ2) is 5.56. The average Bonchev–Trinajstić information content (AvgIpc) is 2.48. The van der Waals surface area contributed by atoms with Crippen LogP contribution in [0.15, 0.2) is 30.3 Å². The van der Waals surface area contributed by atoms with Crippen molar-refractivity contribution in [3.05, 3.63) is 41.6 Å². The number of rotatable bonds is 3. The van der Waals surface area contributed by atoms with E-state index in [1.165, 1.54) is 4.68 Å². The minimum Gasteiger partial charge on any atom is -0.497 e. The van der Waals surface area contributed by atoms with Gasteiger partial charge in [-0.1, -0.05) is 0 Å². The van der Waals surface area contributed by atoms with Crippen LogP contribution in [0.2, 0.25) is 0 Å². The van der Waals surface area contributed by atoms with Crippen molar-refractivity contribution in [1.82, 2.24) is 5.10 Å². The monoisotopic (exact) mass is 273 g/mol. The number of nitrogens with one attached hydrogen (secondary N) is 1. The van der Waals surface area contributed by atoms with Gasteiger partial charge in [-0.3, -0.25) is 0 Å². The molecule has 104 valence electrons. The van der Waals surface area contributed by atoms with E-state index in [9.17, 15) is 0 Å². The zero-order valence-electron chi connectivity index (χ0n) is 11.7. The van der Waals surface area contributed by atoms with E-state index in [-0.39, 0.29) is 5.84 Å². The molecule has 6 nitrogen and oxygen atoms in total. The minimum absolute atomic E-state index is 0.127. The van der Waals surface area contributed by atoms with Crippen LogP contribution in [-0.2, 0) is 0 Å². The van der Waals surface area contributed by atoms with Crippen molar-refractivity contribution in [2.75, 3.05) is 20.0 Å². The number of ether oxygens (including phenoxy) is 2. The Bertz CT molecular complexity index is 656. The molecule has 0 fully saturated rings. The first kappa shape index (κ1) is 13.8. The van der Waals surface area contributed by atoms with Gasteiger partial charge in [-0.25, -0.2) is 0 Å². The third-order valence-corrected chi connectivity index (χ3v) is 2.87. The molecule has 1 heterocycles. The third kappa shape index (κ3) is 2.54. The second-order valence-electron chi connectivity index (χ2n) is 4.23. The molecule has 0 atom stereocenters. The third-order valence-electron chi connectivity index (χ3n) is 2.87. The van der Waals surface area contributed by atoms with Crippen LogP contribution in [0.4, 0.5) is 5.82 Å². The number of nitrogens with two attached hydrogens (primary N) is 1. The van der Waals surface area contributed by atoms with Crippen molar-refractivity contribution in [1.29, 1.82) is 5.41 Å². The number of nitrogen functional groups attached to an aromatic ring is 1. The summed E-state index contributed by atoms with van der Waals surface area (Å²) in [6.07, 6.45) is 0. The Hall–Kier alpha value is -2.63. The van der Waals surface area contributed by atoms with Gasteiger partial charge < -0.3 is 15.2 Å². The standard InChI is InChI=1S/C14H16N4O2/c1-9-4-7-13(15)18(17-9)14(16)11-8-10(19-2)5-6-12(11)20-3/h4-8,15-16H,1-3H3/p+1. The molecule has 0 aliphatic carbocycles. The van der Waals surface area contributed by atoms with E-state index in [4.69, 9.17) is 20.6 Å². The molecule has 0 amide bonds. The summed E-state index contributed by atoms with van der Waals surface area (Å²) in [7, 11) is 3.12. The first-order valence-corrected chi connectivity index (χ1v) is 6.03. The molecule has 2 aromatic rings. The van der Waals surface area contributed by atoms with Crippen LogP contribution >= 0.6 is 0 Å². The number of nitrogens with zero attached hydrogens (tertiary/aromatic N) is 2. The largest absolute Gasteiger partial charge is 0.497 e. The van der Waals surface area contributed by atoms with E-state index >= 15 is 0 Å². The van der Waals surface area contributed by atoms with Crippen LogP contribution in [-0.4, -0.2) is 25.2 Å². The molecule has 1 aromatic carbocycles. The molecule has 0 aliphatic rings. The van der Waals surface area contributed by atoms with E-state index in [2.05, 4.69) is 5.10 Å². The van der Waals surface area contributed by atoms with Gasteiger partial charge in [-0.05, 0) is 31.2 Å². The van der Waals surface area contributed by atoms with Crippen LogP contribution in [0, 0.1) is 12.3 Å². The van der Waals surface area contributed by atoms with Gasteiger partial charge in [0.2, 0.25) is 5.82 Å². The first-order chi connectivity index (χ1) is 9.56. The van der Waals surface area contributed by atoms with Crippen LogP contribution in [0.5, 0.6) is 11.5 Å². The molecular weight excluding hydrogens is 256 g/mol. The molecule has 0 saturated heterocycles. The van der Waals surface area contributed by atoms with Crippen molar-refractivity contribution in [2.24, 2.45) is 0 Å². The molecule has 1 aromatic heterocycles. The molecule has 0 radical (unpaired) electrons. The Kier molecular flexibility index (Phi) is 3.84. The Balaban J connectivity index is 2.54. The quantitative estimate of drug-likeness (QED) is 0.499. The fourth-order valence-electron chi connectivity index (χ4n) is 1.82. The summed E-state index contributed by atoms with van der Waals surface area (Å²) in [6, 6.07) is 8.74. The van der Waals surface area contributed by atoms with Gasteiger partial charge in [-0.15, -0.1) is 9.78 Å². The number of methoxy groups -OCH3 is 2. The Morgan fingerprint density at radius 3 is 2.60 bits per heavy atom. The summed E-state index contributed by atoms with van der Waals surface area (Å²) < 4.78 is 11.8. The van der Waals surface area contributed by atoms with Crippen molar-refractivity contribution in [3.63, 3.8) is 0 Å². The molecular formula is C14H17N4O2+. The van der Waals surface area contributed by atoms with Crippen LogP contribution in [0.25, 0.3) is 0 Å². The molecule has 0 spiro atoms. The van der Waals surface area contributed by atoms with E-state index in [0.29, 0.717) is 22.9 Å². The number of aryl methyl sites for hydroxylation is 1. The topological polar surface area (TPSA) is 85.1 Å². The Morgan fingerprint density at radius 2 is 1.95 bits per heavy atom. The highest BCUT2D eigenvalue weighted by atomic mass is 16.5. The number of anilines is 1. The predicted octanol–water partition coefficient (Wildman–Crippen LogP) is 1.15. The van der Waals surface area contributed by atoms with Crippen molar-refractivity contribution >= 4 is 11.7 Å². The zero-order valence-corrected chi connectivity index (χ0v) is 11.7. The van der Waals surface area contributed by atoms with Gasteiger partial charge in [0.25, 0.3) is 5.84 Å². The lowest BCUT2D eigenvalue weighted by Gasteiger charge is -2.10. The van der Waals surface area contributed by atoms with Crippen LogP contribution < -0.4 is 19.9 Å². The van der Waals surface area contributed by atoms with Gasteiger partial charge >= 0.3 is 0 Å². The number of hydrogen-bond acceptors (Lipinski definition) is 5. The van der Waals surface area contributed by atoms with Crippen molar-refractivity contribution in [3.8, 4) is 11.5 Å². The highest BCUT2D eigenvalue weighted by molar-refractivity contribution is 5.93. The minimum atomic E-state index is 0.127. The van der Waals surface area contributed by atoms with Gasteiger partial charge in [0.15, 0.2) is 0 Å². The number of hydrogen-bond donors (Lipinski definition) is 2. The van der Waals surface area contributed by atoms with E-state index < -0.39 is 0 Å². The molecule has 0 bridgehead atoms. The van der Waals surface area contributed by atoms with Crippen molar-refractivity contribution in [2.45, 2.75) is 6.92 Å². The summed E-state index contributed by atoms with van der Waals surface area (Å²) in [4.78, 5) is 0. The van der Waals surface area contributed by atoms with Crippen LogP contribution in [0.3, 0.4) is 0 Å². The fraction of sp³-hybridized carbons (Fsp3) is 0.214. The molecule has 3 N–H and O–H groups in total. The first-order valence-electron chi connectivity index (χ1n) is 6.03. The summed E-state index contributed by atoms with van der Waals surface area (Å²) in [5.74, 6) is 1.70. The maximum atomic E-state index is 8.31. The smallest absolute Gasteiger partial charge is 0.290 e. The van der Waals surface area contributed by atoms with Gasteiger partial charge in [-0.2, -0.15) is 5.41 Å². The summed E-state index contributed by atoms with van der Waals surface area (Å²) in [6.45, 7) is 1.84. The van der Waals surface area contributed by atoms with Crippen LogP contribution in [0.1, 0.15) is 11.3 Å². The van der Waals surface area contributed by atoms with Gasteiger partial charge in [0.05, 0.1) is 25.5 Å². The predicted molar refractivity (Wildman–Crippen MR) is 75.4 cm³/mol. The Labute approximate surface area is 117 Å². The van der Waals surface area contributed by atoms with E-state index in [1.54, 1.807) is 44.6 Å². The summed E-state index contributed by atoms with van der Waals surface area (Å²) in [5, 5.41) is 12.6. The molecule has 6 heteroatoms. The lowest BCUT2D eigenvalue weighted by molar-refractivity contribution is -0.607. The maximum Gasteiger partial charge on any atom is 0.290 e.